The van der Waals surface area contributed by atoms with Crippen molar-refractivity contribution in [1.29, 1.82) is 0 Å². The van der Waals surface area contributed by atoms with Crippen LogP contribution in [-0.4, -0.2) is 52.2 Å². The van der Waals surface area contributed by atoms with Gasteiger partial charge in [0.1, 0.15) is 0 Å². The van der Waals surface area contributed by atoms with E-state index in [9.17, 15) is 4.79 Å². The highest BCUT2D eigenvalue weighted by Crippen LogP contribution is 2.41. The van der Waals surface area contributed by atoms with Gasteiger partial charge in [-0.2, -0.15) is 5.10 Å². The van der Waals surface area contributed by atoms with Gasteiger partial charge in [-0.3, -0.25) is 14.4 Å². The third kappa shape index (κ3) is 2.91. The summed E-state index contributed by atoms with van der Waals surface area (Å²) < 4.78 is 1.96. The Balaban J connectivity index is 1.58. The number of likely N-dealkylation sites (N-methyl/N-ethyl adjacent to an activating group) is 1. The Hall–Kier alpha value is -1.66. The van der Waals surface area contributed by atoms with E-state index in [1.165, 1.54) is 4.88 Å². The summed E-state index contributed by atoms with van der Waals surface area (Å²) in [6.07, 6.45) is 4.09. The second-order valence-corrected chi connectivity index (χ2v) is 8.79. The first kappa shape index (κ1) is 16.8. The van der Waals surface area contributed by atoms with Crippen molar-refractivity contribution in [3.63, 3.8) is 0 Å². The first-order valence-electron chi connectivity index (χ1n) is 9.08. The molecule has 2 aliphatic heterocycles. The van der Waals surface area contributed by atoms with Gasteiger partial charge in [-0.1, -0.05) is 6.07 Å². The molecule has 1 spiro atoms. The summed E-state index contributed by atoms with van der Waals surface area (Å²) in [6.45, 7) is 8.18. The Kier molecular flexibility index (Phi) is 4.20. The molecular formula is C19H26N4OS. The highest BCUT2D eigenvalue weighted by molar-refractivity contribution is 7.09. The van der Waals surface area contributed by atoms with Gasteiger partial charge in [0.15, 0.2) is 0 Å². The van der Waals surface area contributed by atoms with Crippen LogP contribution < -0.4 is 0 Å². The van der Waals surface area contributed by atoms with E-state index in [1.54, 1.807) is 0 Å². The average Bonchev–Trinajstić information content (AvgIpc) is 3.25. The molecular weight excluding hydrogens is 332 g/mol. The standard InChI is InChI=1S/C19H26N4OS/c1-14(2)23-12-16-17(20-23)19(13-21(3)18(16)24)6-8-22(9-7-19)11-15-5-4-10-25-15/h4-5,10,12,14H,6-9,11,13H2,1-3H3. The van der Waals surface area contributed by atoms with E-state index >= 15 is 0 Å². The third-order valence-corrected chi connectivity index (χ3v) is 6.51. The lowest BCUT2D eigenvalue weighted by molar-refractivity contribution is 0.0629. The second kappa shape index (κ2) is 6.25. The molecule has 2 aromatic rings. The molecule has 134 valence electrons. The van der Waals surface area contributed by atoms with Gasteiger partial charge < -0.3 is 4.90 Å². The van der Waals surface area contributed by atoms with Crippen molar-refractivity contribution in [3.05, 3.63) is 39.8 Å². The summed E-state index contributed by atoms with van der Waals surface area (Å²) in [5, 5.41) is 7.01. The molecule has 6 heteroatoms. The fraction of sp³-hybridized carbons (Fsp3) is 0.579. The SMILES string of the molecule is CC(C)n1cc2c(n1)C1(CCN(Cc3cccs3)CC1)CN(C)C2=O. The maximum Gasteiger partial charge on any atom is 0.257 e. The maximum atomic E-state index is 12.6. The molecule has 2 aromatic heterocycles. The molecule has 1 fully saturated rings. The fourth-order valence-corrected chi connectivity index (χ4v) is 4.91. The lowest BCUT2D eigenvalue weighted by Gasteiger charge is -2.45. The van der Waals surface area contributed by atoms with Crippen LogP contribution in [0.3, 0.4) is 0 Å². The number of carbonyl (C=O) groups is 1. The molecule has 0 N–H and O–H groups in total. The van der Waals surface area contributed by atoms with Crippen molar-refractivity contribution >= 4 is 17.2 Å². The number of thiophene rings is 1. The van der Waals surface area contributed by atoms with Gasteiger partial charge in [-0.25, -0.2) is 0 Å². The molecule has 0 radical (unpaired) electrons. The Morgan fingerprint density at radius 2 is 2.08 bits per heavy atom. The van der Waals surface area contributed by atoms with Crippen LogP contribution in [-0.2, 0) is 12.0 Å². The number of hydrogen-bond acceptors (Lipinski definition) is 4. The number of amides is 1. The van der Waals surface area contributed by atoms with E-state index in [-0.39, 0.29) is 17.4 Å². The molecule has 5 nitrogen and oxygen atoms in total. The summed E-state index contributed by atoms with van der Waals surface area (Å²) in [6, 6.07) is 4.61. The average molecular weight is 359 g/mol. The number of fused-ring (bicyclic) bond motifs is 2. The van der Waals surface area contributed by atoms with Crippen molar-refractivity contribution in [2.75, 3.05) is 26.7 Å². The zero-order valence-electron chi connectivity index (χ0n) is 15.2. The molecule has 0 atom stereocenters. The number of nitrogens with zero attached hydrogens (tertiary/aromatic N) is 4. The van der Waals surface area contributed by atoms with E-state index < -0.39 is 0 Å². The van der Waals surface area contributed by atoms with Crippen molar-refractivity contribution < 1.29 is 4.79 Å². The zero-order chi connectivity index (χ0) is 17.6. The Morgan fingerprint density at radius 1 is 1.32 bits per heavy atom. The van der Waals surface area contributed by atoms with Crippen LogP contribution in [0, 0.1) is 0 Å². The topological polar surface area (TPSA) is 41.4 Å². The van der Waals surface area contributed by atoms with Gasteiger partial charge in [-0.15, -0.1) is 11.3 Å². The normalized spacial score (nSPS) is 20.5. The number of likely N-dealkylation sites (tertiary alicyclic amines) is 1. The van der Waals surface area contributed by atoms with Gasteiger partial charge in [0.2, 0.25) is 0 Å². The van der Waals surface area contributed by atoms with Gasteiger partial charge in [0.05, 0.1) is 11.3 Å². The van der Waals surface area contributed by atoms with E-state index in [0.717, 1.165) is 50.3 Å². The smallest absolute Gasteiger partial charge is 0.257 e. The van der Waals surface area contributed by atoms with E-state index in [4.69, 9.17) is 5.10 Å². The van der Waals surface area contributed by atoms with Gasteiger partial charge in [0.25, 0.3) is 5.91 Å². The van der Waals surface area contributed by atoms with Crippen molar-refractivity contribution in [3.8, 4) is 0 Å². The minimum atomic E-state index is 0.0179. The maximum absolute atomic E-state index is 12.6. The first-order chi connectivity index (χ1) is 12.0. The van der Waals surface area contributed by atoms with E-state index in [1.807, 2.05) is 34.2 Å². The van der Waals surface area contributed by atoms with Crippen LogP contribution in [0.5, 0.6) is 0 Å². The van der Waals surface area contributed by atoms with Crippen LogP contribution in [0.25, 0.3) is 0 Å². The lowest BCUT2D eigenvalue weighted by Crippen LogP contribution is -2.53. The van der Waals surface area contributed by atoms with Crippen LogP contribution in [0.2, 0.25) is 0 Å². The Morgan fingerprint density at radius 3 is 2.72 bits per heavy atom. The van der Waals surface area contributed by atoms with Crippen molar-refractivity contribution in [1.82, 2.24) is 19.6 Å². The molecule has 0 aromatic carbocycles. The molecule has 2 aliphatic rings. The predicted octanol–water partition coefficient (Wildman–Crippen LogP) is 3.14. The summed E-state index contributed by atoms with van der Waals surface area (Å²) in [4.78, 5) is 18.5. The molecule has 0 unspecified atom stereocenters. The van der Waals surface area contributed by atoms with Crippen LogP contribution >= 0.6 is 11.3 Å². The molecule has 25 heavy (non-hydrogen) atoms. The molecule has 4 rings (SSSR count). The number of carbonyl (C=O) groups excluding carboxylic acids is 1. The quantitative estimate of drug-likeness (QED) is 0.846. The zero-order valence-corrected chi connectivity index (χ0v) is 16.1. The van der Waals surface area contributed by atoms with Crippen LogP contribution in [0.15, 0.2) is 23.7 Å². The number of piperidine rings is 1. The highest BCUT2D eigenvalue weighted by atomic mass is 32.1. The molecule has 4 heterocycles. The highest BCUT2D eigenvalue weighted by Gasteiger charge is 2.46. The second-order valence-electron chi connectivity index (χ2n) is 7.76. The monoisotopic (exact) mass is 358 g/mol. The largest absolute Gasteiger partial charge is 0.341 e. The Labute approximate surface area is 153 Å². The fourth-order valence-electron chi connectivity index (χ4n) is 4.17. The van der Waals surface area contributed by atoms with Gasteiger partial charge >= 0.3 is 0 Å². The summed E-state index contributed by atoms with van der Waals surface area (Å²) in [5.41, 5.74) is 1.87. The minimum absolute atomic E-state index is 0.0179. The summed E-state index contributed by atoms with van der Waals surface area (Å²) in [5.74, 6) is 0.119. The predicted molar refractivity (Wildman–Crippen MR) is 100 cm³/mol. The Bertz CT molecular complexity index is 756. The van der Waals surface area contributed by atoms with Crippen LogP contribution in [0.4, 0.5) is 0 Å². The van der Waals surface area contributed by atoms with Crippen molar-refractivity contribution in [2.45, 2.75) is 44.7 Å². The third-order valence-electron chi connectivity index (χ3n) is 5.65. The van der Waals surface area contributed by atoms with E-state index in [0.29, 0.717) is 0 Å². The lowest BCUT2D eigenvalue weighted by atomic mass is 9.72. The minimum Gasteiger partial charge on any atom is -0.341 e. The van der Waals surface area contributed by atoms with Gasteiger partial charge in [-0.05, 0) is 51.2 Å². The molecule has 1 amide bonds. The van der Waals surface area contributed by atoms with Gasteiger partial charge in [0, 0.05) is 42.7 Å². The molecule has 0 aliphatic carbocycles. The number of aromatic nitrogens is 2. The van der Waals surface area contributed by atoms with Crippen LogP contribution in [0.1, 0.15) is 53.7 Å². The summed E-state index contributed by atoms with van der Waals surface area (Å²) in [7, 11) is 1.93. The summed E-state index contributed by atoms with van der Waals surface area (Å²) >= 11 is 1.83. The molecule has 1 saturated heterocycles. The van der Waals surface area contributed by atoms with E-state index in [2.05, 4.69) is 36.3 Å². The first-order valence-corrected chi connectivity index (χ1v) is 9.96. The molecule has 0 bridgehead atoms. The van der Waals surface area contributed by atoms with Crippen molar-refractivity contribution in [2.24, 2.45) is 0 Å². The molecule has 0 saturated carbocycles. The number of hydrogen-bond donors (Lipinski definition) is 0. The number of rotatable bonds is 3.